The van der Waals surface area contributed by atoms with Crippen molar-refractivity contribution in [2.75, 3.05) is 11.5 Å². The average Bonchev–Trinajstić information content (AvgIpc) is 2.39. The Balaban J connectivity index is 2.30. The van der Waals surface area contributed by atoms with Crippen molar-refractivity contribution in [3.05, 3.63) is 35.4 Å². The Labute approximate surface area is 117 Å². The van der Waals surface area contributed by atoms with Gasteiger partial charge in [-0.3, -0.25) is 0 Å². The molecule has 0 aliphatic rings. The summed E-state index contributed by atoms with van der Waals surface area (Å²) in [4.78, 5) is 0. The molecule has 0 spiro atoms. The van der Waals surface area contributed by atoms with Crippen molar-refractivity contribution in [3.8, 4) is 0 Å². The Bertz CT molecular complexity index is 307. The van der Waals surface area contributed by atoms with Crippen molar-refractivity contribution in [1.82, 2.24) is 0 Å². The summed E-state index contributed by atoms with van der Waals surface area (Å²) in [5, 5.41) is 0. The maximum absolute atomic E-state index is 6.21. The second-order valence-electron chi connectivity index (χ2n) is 4.88. The summed E-state index contributed by atoms with van der Waals surface area (Å²) in [6, 6.07) is 9.03. The molecule has 102 valence electrons. The highest BCUT2D eigenvalue weighted by Crippen LogP contribution is 2.18. The Morgan fingerprint density at radius 1 is 1.06 bits per heavy atom. The van der Waals surface area contributed by atoms with E-state index in [9.17, 15) is 0 Å². The molecule has 1 unspecified atom stereocenters. The molecular weight excluding hydrogens is 238 g/mol. The zero-order valence-corrected chi connectivity index (χ0v) is 12.6. The van der Waals surface area contributed by atoms with Crippen LogP contribution in [-0.2, 0) is 6.42 Å². The van der Waals surface area contributed by atoms with E-state index in [1.54, 1.807) is 0 Å². The fraction of sp³-hybridized carbons (Fsp3) is 0.625. The first-order valence-electron chi connectivity index (χ1n) is 7.20. The van der Waals surface area contributed by atoms with E-state index in [1.807, 2.05) is 11.8 Å². The minimum absolute atomic E-state index is 0.187. The molecule has 1 aromatic rings. The van der Waals surface area contributed by atoms with Gasteiger partial charge in [0.25, 0.3) is 0 Å². The van der Waals surface area contributed by atoms with E-state index in [4.69, 9.17) is 5.73 Å². The minimum Gasteiger partial charge on any atom is -0.323 e. The van der Waals surface area contributed by atoms with Crippen molar-refractivity contribution in [1.29, 1.82) is 0 Å². The Kier molecular flexibility index (Phi) is 8.19. The third-order valence-electron chi connectivity index (χ3n) is 3.14. The molecule has 1 nitrogen and oxygen atoms in total. The molecule has 18 heavy (non-hydrogen) atoms. The lowest BCUT2D eigenvalue weighted by Gasteiger charge is -2.12. The zero-order valence-electron chi connectivity index (χ0n) is 11.8. The number of rotatable bonds is 9. The first kappa shape index (κ1) is 15.6. The third kappa shape index (κ3) is 5.92. The van der Waals surface area contributed by atoms with Crippen LogP contribution in [0.4, 0.5) is 0 Å². The summed E-state index contributed by atoms with van der Waals surface area (Å²) in [7, 11) is 0. The van der Waals surface area contributed by atoms with Gasteiger partial charge in [-0.2, -0.15) is 11.8 Å². The normalized spacial score (nSPS) is 12.6. The second-order valence-corrected chi connectivity index (χ2v) is 6.03. The van der Waals surface area contributed by atoms with Gasteiger partial charge in [0.05, 0.1) is 0 Å². The smallest absolute Gasteiger partial charge is 0.0386 e. The fourth-order valence-electron chi connectivity index (χ4n) is 1.98. The fourth-order valence-corrected chi connectivity index (χ4v) is 3.00. The lowest BCUT2D eigenvalue weighted by atomic mass is 10.0. The van der Waals surface area contributed by atoms with E-state index in [-0.39, 0.29) is 6.04 Å². The van der Waals surface area contributed by atoms with E-state index >= 15 is 0 Å². The molecule has 1 atom stereocenters. The molecule has 0 radical (unpaired) electrons. The molecule has 0 saturated heterocycles. The van der Waals surface area contributed by atoms with Gasteiger partial charge in [0, 0.05) is 11.8 Å². The second kappa shape index (κ2) is 9.46. The molecule has 0 aromatic heterocycles. The van der Waals surface area contributed by atoms with Gasteiger partial charge in [-0.1, -0.05) is 57.4 Å². The number of unbranched alkanes of at least 4 members (excludes halogenated alkanes) is 2. The SMILES string of the molecule is CCCCCSCC(N)c1ccc(CCC)cc1. The summed E-state index contributed by atoms with van der Waals surface area (Å²) in [6.07, 6.45) is 6.34. The van der Waals surface area contributed by atoms with Crippen LogP contribution in [-0.4, -0.2) is 11.5 Å². The Hall–Kier alpha value is -0.470. The quantitative estimate of drug-likeness (QED) is 0.662. The third-order valence-corrected chi connectivity index (χ3v) is 4.31. The lowest BCUT2D eigenvalue weighted by Crippen LogP contribution is -2.13. The number of hydrogen-bond donors (Lipinski definition) is 1. The largest absolute Gasteiger partial charge is 0.323 e. The van der Waals surface area contributed by atoms with Gasteiger partial charge >= 0.3 is 0 Å². The van der Waals surface area contributed by atoms with E-state index in [1.165, 1.54) is 49.0 Å². The molecule has 0 fully saturated rings. The summed E-state index contributed by atoms with van der Waals surface area (Å²) in [5.74, 6) is 2.28. The molecule has 0 amide bonds. The number of thioether (sulfide) groups is 1. The van der Waals surface area contributed by atoms with E-state index in [0.717, 1.165) is 5.75 Å². The van der Waals surface area contributed by atoms with Crippen LogP contribution in [0.5, 0.6) is 0 Å². The van der Waals surface area contributed by atoms with Gasteiger partial charge in [0.1, 0.15) is 0 Å². The predicted octanol–water partition coefficient (Wildman–Crippen LogP) is 4.56. The lowest BCUT2D eigenvalue weighted by molar-refractivity contribution is 0.775. The summed E-state index contributed by atoms with van der Waals surface area (Å²) in [6.45, 7) is 4.46. The van der Waals surface area contributed by atoms with Gasteiger partial charge in [0.2, 0.25) is 0 Å². The molecule has 1 aromatic carbocycles. The Morgan fingerprint density at radius 2 is 1.78 bits per heavy atom. The van der Waals surface area contributed by atoms with Crippen molar-refractivity contribution in [2.45, 2.75) is 52.0 Å². The number of hydrogen-bond acceptors (Lipinski definition) is 2. The maximum atomic E-state index is 6.21. The van der Waals surface area contributed by atoms with Gasteiger partial charge < -0.3 is 5.73 Å². The van der Waals surface area contributed by atoms with Crippen molar-refractivity contribution >= 4 is 11.8 Å². The van der Waals surface area contributed by atoms with Crippen LogP contribution in [0.1, 0.15) is 56.7 Å². The van der Waals surface area contributed by atoms with E-state index in [0.29, 0.717) is 0 Å². The summed E-state index contributed by atoms with van der Waals surface area (Å²) in [5.41, 5.74) is 8.91. The van der Waals surface area contributed by atoms with E-state index in [2.05, 4.69) is 38.1 Å². The molecule has 0 heterocycles. The highest BCUT2D eigenvalue weighted by molar-refractivity contribution is 7.99. The van der Waals surface area contributed by atoms with Crippen molar-refractivity contribution in [2.24, 2.45) is 5.73 Å². The molecule has 0 aliphatic carbocycles. The zero-order chi connectivity index (χ0) is 13.2. The first-order valence-corrected chi connectivity index (χ1v) is 8.35. The average molecular weight is 265 g/mol. The van der Waals surface area contributed by atoms with Crippen molar-refractivity contribution in [3.63, 3.8) is 0 Å². The van der Waals surface area contributed by atoms with Crippen LogP contribution < -0.4 is 5.73 Å². The molecule has 2 heteroatoms. The topological polar surface area (TPSA) is 26.0 Å². The van der Waals surface area contributed by atoms with Gasteiger partial charge in [-0.25, -0.2) is 0 Å². The van der Waals surface area contributed by atoms with Crippen LogP contribution in [0.25, 0.3) is 0 Å². The molecule has 0 aliphatic heterocycles. The predicted molar refractivity (Wildman–Crippen MR) is 84.2 cm³/mol. The minimum atomic E-state index is 0.187. The standard InChI is InChI=1S/C16H27NS/c1-3-5-6-12-18-13-16(17)15-10-8-14(7-4-2)9-11-15/h8-11,16H,3-7,12-13,17H2,1-2H3. The molecule has 0 bridgehead atoms. The molecule has 2 N–H and O–H groups in total. The summed E-state index contributed by atoms with van der Waals surface area (Å²) < 4.78 is 0. The molecule has 0 saturated carbocycles. The monoisotopic (exact) mass is 265 g/mol. The van der Waals surface area contributed by atoms with Crippen LogP contribution >= 0.6 is 11.8 Å². The van der Waals surface area contributed by atoms with Crippen molar-refractivity contribution < 1.29 is 0 Å². The number of aryl methyl sites for hydroxylation is 1. The van der Waals surface area contributed by atoms with Crippen LogP contribution in [0.2, 0.25) is 0 Å². The highest BCUT2D eigenvalue weighted by Gasteiger charge is 2.05. The summed E-state index contributed by atoms with van der Waals surface area (Å²) >= 11 is 1.99. The van der Waals surface area contributed by atoms with Gasteiger partial charge in [0.15, 0.2) is 0 Å². The van der Waals surface area contributed by atoms with E-state index < -0.39 is 0 Å². The Morgan fingerprint density at radius 3 is 2.39 bits per heavy atom. The van der Waals surface area contributed by atoms with Crippen LogP contribution in [0.3, 0.4) is 0 Å². The molecule has 1 rings (SSSR count). The van der Waals surface area contributed by atoms with Gasteiger partial charge in [-0.05, 0) is 29.7 Å². The number of benzene rings is 1. The molecular formula is C16H27NS. The number of nitrogens with two attached hydrogens (primary N) is 1. The van der Waals surface area contributed by atoms with Crippen LogP contribution in [0.15, 0.2) is 24.3 Å². The van der Waals surface area contributed by atoms with Crippen LogP contribution in [0, 0.1) is 0 Å². The van der Waals surface area contributed by atoms with Gasteiger partial charge in [-0.15, -0.1) is 0 Å². The maximum Gasteiger partial charge on any atom is 0.0386 e. The first-order chi connectivity index (χ1) is 8.77. The highest BCUT2D eigenvalue weighted by atomic mass is 32.2.